The van der Waals surface area contributed by atoms with Crippen LogP contribution in [0.25, 0.3) is 0 Å². The van der Waals surface area contributed by atoms with Crippen molar-refractivity contribution in [2.45, 2.75) is 46.3 Å². The summed E-state index contributed by atoms with van der Waals surface area (Å²) in [6.07, 6.45) is 3.67. The Morgan fingerprint density at radius 2 is 2.00 bits per heavy atom. The van der Waals surface area contributed by atoms with E-state index in [0.29, 0.717) is 11.7 Å². The van der Waals surface area contributed by atoms with Gasteiger partial charge < -0.3 is 9.67 Å². The summed E-state index contributed by atoms with van der Waals surface area (Å²) in [4.78, 5) is 0. The highest BCUT2D eigenvalue weighted by atomic mass is 16.3. The highest BCUT2D eigenvalue weighted by Crippen LogP contribution is 2.32. The lowest BCUT2D eigenvalue weighted by atomic mass is 10.2. The summed E-state index contributed by atoms with van der Waals surface area (Å²) >= 11 is 0. The van der Waals surface area contributed by atoms with E-state index in [4.69, 9.17) is 0 Å². The fourth-order valence-corrected chi connectivity index (χ4v) is 1.80. The summed E-state index contributed by atoms with van der Waals surface area (Å²) in [6, 6.07) is 0. The molecule has 1 aliphatic rings. The van der Waals surface area contributed by atoms with Crippen LogP contribution in [-0.2, 0) is 19.6 Å². The van der Waals surface area contributed by atoms with Crippen LogP contribution in [0.4, 0.5) is 0 Å². The second-order valence-corrected chi connectivity index (χ2v) is 4.84. The van der Waals surface area contributed by atoms with Crippen molar-refractivity contribution in [1.29, 1.82) is 0 Å². The molecule has 1 saturated carbocycles. The van der Waals surface area contributed by atoms with Crippen LogP contribution in [0, 0.1) is 11.8 Å². The molecule has 0 spiro atoms. The zero-order valence-corrected chi connectivity index (χ0v) is 9.48. The van der Waals surface area contributed by atoms with Gasteiger partial charge in [-0.1, -0.05) is 13.8 Å². The summed E-state index contributed by atoms with van der Waals surface area (Å²) in [7, 11) is 0. The van der Waals surface area contributed by atoms with Crippen LogP contribution in [0.1, 0.15) is 38.3 Å². The van der Waals surface area contributed by atoms with E-state index in [2.05, 4.69) is 28.6 Å². The van der Waals surface area contributed by atoms with Crippen molar-refractivity contribution in [2.75, 3.05) is 0 Å². The smallest absolute Gasteiger partial charge is 0.158 e. The van der Waals surface area contributed by atoms with E-state index >= 15 is 0 Å². The van der Waals surface area contributed by atoms with Gasteiger partial charge in [0.25, 0.3) is 0 Å². The quantitative estimate of drug-likeness (QED) is 0.797. The molecular weight excluding hydrogens is 190 g/mol. The van der Waals surface area contributed by atoms with Gasteiger partial charge in [0.2, 0.25) is 0 Å². The van der Waals surface area contributed by atoms with Crippen LogP contribution in [0.5, 0.6) is 0 Å². The van der Waals surface area contributed by atoms with E-state index in [1.54, 1.807) is 0 Å². The molecule has 0 aromatic carbocycles. The van der Waals surface area contributed by atoms with Gasteiger partial charge in [0.15, 0.2) is 5.82 Å². The fraction of sp³-hybridized carbons (Fsp3) is 0.818. The van der Waals surface area contributed by atoms with Gasteiger partial charge in [-0.15, -0.1) is 10.2 Å². The third kappa shape index (κ3) is 2.56. The summed E-state index contributed by atoms with van der Waals surface area (Å²) in [5, 5.41) is 17.4. The Labute approximate surface area is 90.3 Å². The molecule has 4 heteroatoms. The highest BCUT2D eigenvalue weighted by Gasteiger charge is 2.25. The monoisotopic (exact) mass is 209 g/mol. The van der Waals surface area contributed by atoms with Crippen molar-refractivity contribution in [3.05, 3.63) is 11.6 Å². The fourth-order valence-electron chi connectivity index (χ4n) is 1.80. The Balaban J connectivity index is 2.15. The maximum absolute atomic E-state index is 9.17. The molecule has 0 atom stereocenters. The van der Waals surface area contributed by atoms with Crippen molar-refractivity contribution in [1.82, 2.24) is 14.8 Å². The SMILES string of the molecule is CC(C)Cn1c(CO)nnc1CC1CC1. The minimum absolute atomic E-state index is 0.00954. The molecule has 1 N–H and O–H groups in total. The highest BCUT2D eigenvalue weighted by molar-refractivity contribution is 4.98. The van der Waals surface area contributed by atoms with Crippen LogP contribution < -0.4 is 0 Å². The molecule has 0 unspecified atom stereocenters. The number of hydrogen-bond acceptors (Lipinski definition) is 3. The predicted octanol–water partition coefficient (Wildman–Crippen LogP) is 1.38. The lowest BCUT2D eigenvalue weighted by Gasteiger charge is -2.11. The molecule has 0 saturated heterocycles. The number of aromatic nitrogens is 3. The molecule has 0 bridgehead atoms. The molecule has 84 valence electrons. The van der Waals surface area contributed by atoms with E-state index in [0.717, 1.165) is 24.7 Å². The number of aliphatic hydroxyl groups excluding tert-OH is 1. The minimum atomic E-state index is -0.00954. The second kappa shape index (κ2) is 4.31. The predicted molar refractivity (Wildman–Crippen MR) is 57.2 cm³/mol. The number of rotatable bonds is 5. The third-order valence-corrected chi connectivity index (χ3v) is 2.76. The van der Waals surface area contributed by atoms with E-state index in [9.17, 15) is 5.11 Å². The molecule has 15 heavy (non-hydrogen) atoms. The van der Waals surface area contributed by atoms with Gasteiger partial charge in [-0.25, -0.2) is 0 Å². The molecule has 1 aliphatic carbocycles. The van der Waals surface area contributed by atoms with Crippen molar-refractivity contribution in [2.24, 2.45) is 11.8 Å². The van der Waals surface area contributed by atoms with Gasteiger partial charge in [0.1, 0.15) is 12.4 Å². The van der Waals surface area contributed by atoms with E-state index < -0.39 is 0 Å². The van der Waals surface area contributed by atoms with Gasteiger partial charge in [-0.3, -0.25) is 0 Å². The summed E-state index contributed by atoms with van der Waals surface area (Å²) in [5.41, 5.74) is 0. The van der Waals surface area contributed by atoms with E-state index in [1.165, 1.54) is 12.8 Å². The van der Waals surface area contributed by atoms with E-state index in [-0.39, 0.29) is 6.61 Å². The molecule has 4 nitrogen and oxygen atoms in total. The maximum atomic E-state index is 9.17. The van der Waals surface area contributed by atoms with Crippen LogP contribution in [-0.4, -0.2) is 19.9 Å². The standard InChI is InChI=1S/C11H19N3O/c1-8(2)6-14-10(5-9-3-4-9)12-13-11(14)7-15/h8-9,15H,3-7H2,1-2H3. The van der Waals surface area contributed by atoms with E-state index in [1.807, 2.05) is 0 Å². The largest absolute Gasteiger partial charge is 0.388 e. The lowest BCUT2D eigenvalue weighted by Crippen LogP contribution is -2.12. The Bertz CT molecular complexity index is 329. The Morgan fingerprint density at radius 1 is 1.33 bits per heavy atom. The van der Waals surface area contributed by atoms with Gasteiger partial charge in [-0.2, -0.15) is 0 Å². The van der Waals surface area contributed by atoms with Crippen molar-refractivity contribution in [3.63, 3.8) is 0 Å². The van der Waals surface area contributed by atoms with Crippen LogP contribution in [0.3, 0.4) is 0 Å². The first-order chi connectivity index (χ1) is 7.20. The third-order valence-electron chi connectivity index (χ3n) is 2.76. The van der Waals surface area contributed by atoms with Crippen molar-refractivity contribution >= 4 is 0 Å². The first-order valence-corrected chi connectivity index (χ1v) is 5.72. The molecule has 1 fully saturated rings. The molecule has 1 aromatic heterocycles. The zero-order chi connectivity index (χ0) is 10.8. The number of hydrogen-bond donors (Lipinski definition) is 1. The first-order valence-electron chi connectivity index (χ1n) is 5.72. The molecular formula is C11H19N3O. The van der Waals surface area contributed by atoms with Gasteiger partial charge >= 0.3 is 0 Å². The second-order valence-electron chi connectivity index (χ2n) is 4.84. The maximum Gasteiger partial charge on any atom is 0.158 e. The molecule has 0 amide bonds. The lowest BCUT2D eigenvalue weighted by molar-refractivity contribution is 0.261. The minimum Gasteiger partial charge on any atom is -0.388 e. The normalized spacial score (nSPS) is 16.3. The van der Waals surface area contributed by atoms with Crippen molar-refractivity contribution in [3.8, 4) is 0 Å². The Kier molecular flexibility index (Phi) is 3.05. The summed E-state index contributed by atoms with van der Waals surface area (Å²) in [5.74, 6) is 3.13. The molecule has 0 radical (unpaired) electrons. The Hall–Kier alpha value is -0.900. The van der Waals surface area contributed by atoms with Crippen LogP contribution in [0.15, 0.2) is 0 Å². The van der Waals surface area contributed by atoms with Gasteiger partial charge in [-0.05, 0) is 24.7 Å². The average Bonchev–Trinajstić information content (AvgIpc) is 2.91. The Morgan fingerprint density at radius 3 is 2.53 bits per heavy atom. The molecule has 1 aromatic rings. The van der Waals surface area contributed by atoms with Crippen LogP contribution in [0.2, 0.25) is 0 Å². The average molecular weight is 209 g/mol. The summed E-state index contributed by atoms with van der Waals surface area (Å²) < 4.78 is 2.09. The molecule has 2 rings (SSSR count). The number of nitrogens with zero attached hydrogens (tertiary/aromatic N) is 3. The van der Waals surface area contributed by atoms with Gasteiger partial charge in [0.05, 0.1) is 0 Å². The number of aliphatic hydroxyl groups is 1. The van der Waals surface area contributed by atoms with Gasteiger partial charge in [0, 0.05) is 13.0 Å². The molecule has 0 aliphatic heterocycles. The van der Waals surface area contributed by atoms with Crippen molar-refractivity contribution < 1.29 is 5.11 Å². The zero-order valence-electron chi connectivity index (χ0n) is 9.48. The first kappa shape index (κ1) is 10.6. The van der Waals surface area contributed by atoms with Crippen LogP contribution >= 0.6 is 0 Å². The summed E-state index contributed by atoms with van der Waals surface area (Å²) in [6.45, 7) is 5.24. The topological polar surface area (TPSA) is 50.9 Å². The molecule has 1 heterocycles.